The molecule has 8 heteroatoms. The third-order valence-corrected chi connectivity index (χ3v) is 7.48. The van der Waals surface area contributed by atoms with Gasteiger partial charge in [0.2, 0.25) is 0 Å². The molecule has 1 aromatic carbocycles. The summed E-state index contributed by atoms with van der Waals surface area (Å²) in [6.07, 6.45) is 5.58. The van der Waals surface area contributed by atoms with Gasteiger partial charge in [-0.3, -0.25) is 0 Å². The molecule has 0 unspecified atom stereocenters. The SMILES string of the molecule is CCc1nc(N2CCN(C(=O)Nc3ccc(C#N)cc3)CC2)c2c3c(sc2n1)CCCC3. The van der Waals surface area contributed by atoms with E-state index in [-0.39, 0.29) is 6.03 Å². The van der Waals surface area contributed by atoms with Gasteiger partial charge in [0.15, 0.2) is 0 Å². The molecule has 2 aromatic heterocycles. The lowest BCUT2D eigenvalue weighted by molar-refractivity contribution is 0.208. The van der Waals surface area contributed by atoms with Crippen LogP contribution in [0.15, 0.2) is 24.3 Å². The monoisotopic (exact) mass is 446 g/mol. The summed E-state index contributed by atoms with van der Waals surface area (Å²) in [6.45, 7) is 4.88. The first kappa shape index (κ1) is 20.7. The number of benzene rings is 1. The van der Waals surface area contributed by atoms with Gasteiger partial charge in [-0.25, -0.2) is 14.8 Å². The van der Waals surface area contributed by atoms with Gasteiger partial charge in [-0.1, -0.05) is 6.92 Å². The van der Waals surface area contributed by atoms with Gasteiger partial charge in [-0.15, -0.1) is 11.3 Å². The lowest BCUT2D eigenvalue weighted by Crippen LogP contribution is -2.50. The van der Waals surface area contributed by atoms with Crippen LogP contribution in [0, 0.1) is 11.3 Å². The van der Waals surface area contributed by atoms with Gasteiger partial charge in [-0.05, 0) is 55.5 Å². The highest BCUT2D eigenvalue weighted by Gasteiger charge is 2.27. The molecule has 1 fully saturated rings. The Morgan fingerprint density at radius 2 is 1.88 bits per heavy atom. The molecule has 2 amide bonds. The number of nitrogens with zero attached hydrogens (tertiary/aromatic N) is 5. The number of anilines is 2. The van der Waals surface area contributed by atoms with Gasteiger partial charge in [0.05, 0.1) is 17.0 Å². The Balaban J connectivity index is 1.33. The van der Waals surface area contributed by atoms with Crippen LogP contribution in [0.1, 0.15) is 41.6 Å². The van der Waals surface area contributed by atoms with Crippen molar-refractivity contribution < 1.29 is 4.79 Å². The van der Waals surface area contributed by atoms with Gasteiger partial charge in [0.25, 0.3) is 0 Å². The molecule has 164 valence electrons. The predicted octanol–water partition coefficient (Wildman–Crippen LogP) is 4.36. The molecule has 1 aliphatic heterocycles. The molecule has 0 bridgehead atoms. The Morgan fingerprint density at radius 1 is 1.12 bits per heavy atom. The second-order valence-corrected chi connectivity index (χ2v) is 9.39. The fourth-order valence-electron chi connectivity index (χ4n) is 4.52. The molecule has 3 heterocycles. The van der Waals surface area contributed by atoms with E-state index in [4.69, 9.17) is 15.2 Å². The van der Waals surface area contributed by atoms with Gasteiger partial charge in [0, 0.05) is 43.2 Å². The van der Waals surface area contributed by atoms with Gasteiger partial charge >= 0.3 is 6.03 Å². The van der Waals surface area contributed by atoms with Crippen LogP contribution in [-0.4, -0.2) is 47.1 Å². The molecule has 0 atom stereocenters. The molecule has 1 N–H and O–H groups in total. The molecule has 0 saturated carbocycles. The quantitative estimate of drug-likeness (QED) is 0.646. The molecular formula is C24H26N6OS. The number of rotatable bonds is 3. The summed E-state index contributed by atoms with van der Waals surface area (Å²) in [6, 6.07) is 8.92. The van der Waals surface area contributed by atoms with Gasteiger partial charge in [0.1, 0.15) is 16.5 Å². The Morgan fingerprint density at radius 3 is 2.59 bits per heavy atom. The second kappa shape index (κ2) is 8.75. The Bertz CT molecular complexity index is 1190. The molecule has 32 heavy (non-hydrogen) atoms. The number of aromatic nitrogens is 2. The summed E-state index contributed by atoms with van der Waals surface area (Å²) in [4.78, 5) is 29.3. The third kappa shape index (κ3) is 3.89. The maximum absolute atomic E-state index is 12.7. The topological polar surface area (TPSA) is 85.2 Å². The van der Waals surface area contributed by atoms with Crippen molar-refractivity contribution in [3.8, 4) is 6.07 Å². The van der Waals surface area contributed by atoms with E-state index in [0.29, 0.717) is 24.3 Å². The predicted molar refractivity (Wildman–Crippen MR) is 127 cm³/mol. The fraction of sp³-hybridized carbons (Fsp3) is 0.417. The number of urea groups is 1. The van der Waals surface area contributed by atoms with Crippen molar-refractivity contribution in [1.29, 1.82) is 5.26 Å². The summed E-state index contributed by atoms with van der Waals surface area (Å²) in [5.41, 5.74) is 2.73. The molecular weight excluding hydrogens is 420 g/mol. The van der Waals surface area contributed by atoms with Crippen LogP contribution in [0.4, 0.5) is 16.3 Å². The lowest BCUT2D eigenvalue weighted by atomic mass is 9.97. The summed E-state index contributed by atoms with van der Waals surface area (Å²) in [5, 5.41) is 13.1. The van der Waals surface area contributed by atoms with Crippen molar-refractivity contribution in [2.45, 2.75) is 39.0 Å². The zero-order valence-corrected chi connectivity index (χ0v) is 19.0. The Labute approximate surface area is 191 Å². The number of fused-ring (bicyclic) bond motifs is 3. The number of amides is 2. The molecule has 0 radical (unpaired) electrons. The Hall–Kier alpha value is -3.18. The largest absolute Gasteiger partial charge is 0.352 e. The standard InChI is InChI=1S/C24H26N6OS/c1-2-20-27-22(21-18-5-3-4-6-19(18)32-23(21)28-20)29-11-13-30(14-12-29)24(31)26-17-9-7-16(15-25)8-10-17/h7-10H,2-6,11-14H2,1H3,(H,26,31). The van der Waals surface area contributed by atoms with Crippen molar-refractivity contribution in [3.63, 3.8) is 0 Å². The highest BCUT2D eigenvalue weighted by molar-refractivity contribution is 7.19. The van der Waals surface area contributed by atoms with E-state index in [1.807, 2.05) is 16.2 Å². The zero-order chi connectivity index (χ0) is 22.1. The summed E-state index contributed by atoms with van der Waals surface area (Å²) in [7, 11) is 0. The molecule has 7 nitrogen and oxygen atoms in total. The molecule has 1 aliphatic carbocycles. The van der Waals surface area contributed by atoms with Gasteiger partial charge < -0.3 is 15.1 Å². The average molecular weight is 447 g/mol. The average Bonchev–Trinajstić information content (AvgIpc) is 3.22. The van der Waals surface area contributed by atoms with E-state index in [1.165, 1.54) is 28.7 Å². The molecule has 2 aliphatic rings. The molecule has 3 aromatic rings. The van der Waals surface area contributed by atoms with E-state index in [1.54, 1.807) is 24.3 Å². The number of aryl methyl sites for hydroxylation is 3. The van der Waals surface area contributed by atoms with Crippen molar-refractivity contribution in [2.24, 2.45) is 0 Å². The normalized spacial score (nSPS) is 16.0. The third-order valence-electron chi connectivity index (χ3n) is 6.29. The first-order chi connectivity index (χ1) is 15.7. The molecule has 5 rings (SSSR count). The second-order valence-electron chi connectivity index (χ2n) is 8.30. The van der Waals surface area contributed by atoms with E-state index in [2.05, 4.69) is 23.2 Å². The maximum Gasteiger partial charge on any atom is 0.321 e. The Kier molecular flexibility index (Phi) is 5.66. The number of nitrogens with one attached hydrogen (secondary N) is 1. The summed E-state index contributed by atoms with van der Waals surface area (Å²) < 4.78 is 0. The number of carbonyl (C=O) groups is 1. The summed E-state index contributed by atoms with van der Waals surface area (Å²) >= 11 is 1.84. The van der Waals surface area contributed by atoms with Crippen LogP contribution < -0.4 is 10.2 Å². The van der Waals surface area contributed by atoms with Crippen molar-refractivity contribution in [3.05, 3.63) is 46.1 Å². The van der Waals surface area contributed by atoms with Crippen LogP contribution in [-0.2, 0) is 19.3 Å². The first-order valence-electron chi connectivity index (χ1n) is 11.3. The summed E-state index contributed by atoms with van der Waals surface area (Å²) in [5.74, 6) is 1.95. The van der Waals surface area contributed by atoms with Crippen LogP contribution in [0.3, 0.4) is 0 Å². The first-order valence-corrected chi connectivity index (χ1v) is 12.1. The van der Waals surface area contributed by atoms with E-state index >= 15 is 0 Å². The number of thiophene rings is 1. The minimum atomic E-state index is -0.107. The molecule has 0 spiro atoms. The fourth-order valence-corrected chi connectivity index (χ4v) is 5.79. The highest BCUT2D eigenvalue weighted by Crippen LogP contribution is 2.40. The van der Waals surface area contributed by atoms with Crippen LogP contribution in [0.2, 0.25) is 0 Å². The van der Waals surface area contributed by atoms with Crippen molar-refractivity contribution in [1.82, 2.24) is 14.9 Å². The van der Waals surface area contributed by atoms with Crippen LogP contribution in [0.5, 0.6) is 0 Å². The van der Waals surface area contributed by atoms with Crippen molar-refractivity contribution >= 4 is 39.1 Å². The number of hydrogen-bond donors (Lipinski definition) is 1. The highest BCUT2D eigenvalue weighted by atomic mass is 32.1. The smallest absolute Gasteiger partial charge is 0.321 e. The van der Waals surface area contributed by atoms with Crippen LogP contribution >= 0.6 is 11.3 Å². The number of piperazine rings is 1. The van der Waals surface area contributed by atoms with E-state index in [0.717, 1.165) is 48.8 Å². The van der Waals surface area contributed by atoms with Gasteiger partial charge in [-0.2, -0.15) is 5.26 Å². The van der Waals surface area contributed by atoms with Crippen molar-refractivity contribution in [2.75, 3.05) is 36.4 Å². The molecule has 1 saturated heterocycles. The zero-order valence-electron chi connectivity index (χ0n) is 18.2. The number of carbonyl (C=O) groups excluding carboxylic acids is 1. The number of hydrogen-bond acceptors (Lipinski definition) is 6. The van der Waals surface area contributed by atoms with E-state index < -0.39 is 0 Å². The van der Waals surface area contributed by atoms with Crippen LogP contribution in [0.25, 0.3) is 10.2 Å². The minimum absolute atomic E-state index is 0.107. The lowest BCUT2D eigenvalue weighted by Gasteiger charge is -2.36. The van der Waals surface area contributed by atoms with E-state index in [9.17, 15) is 4.79 Å². The minimum Gasteiger partial charge on any atom is -0.352 e. The number of nitriles is 1. The maximum atomic E-state index is 12.7.